The highest BCUT2D eigenvalue weighted by atomic mass is 32.1. The third kappa shape index (κ3) is 2.22. The van der Waals surface area contributed by atoms with E-state index in [1.165, 1.54) is 0 Å². The Labute approximate surface area is 121 Å². The number of amides is 1. The highest BCUT2D eigenvalue weighted by Crippen LogP contribution is 2.48. The van der Waals surface area contributed by atoms with Crippen molar-refractivity contribution in [3.05, 3.63) is 16.1 Å². The number of carboxylic acid groups (broad SMARTS) is 1. The van der Waals surface area contributed by atoms with E-state index in [-0.39, 0.29) is 5.91 Å². The number of hydrogen-bond acceptors (Lipinski definition) is 4. The Balaban J connectivity index is 1.62. The minimum Gasteiger partial charge on any atom is -0.480 e. The van der Waals surface area contributed by atoms with Gasteiger partial charge in [0.15, 0.2) is 0 Å². The number of carboxylic acids is 1. The number of rotatable bonds is 3. The van der Waals surface area contributed by atoms with Crippen LogP contribution in [0.25, 0.3) is 0 Å². The average Bonchev–Trinajstić information content (AvgIpc) is 3.15. The second-order valence-corrected chi connectivity index (χ2v) is 6.67. The molecule has 6 heteroatoms. The maximum atomic E-state index is 12.3. The lowest BCUT2D eigenvalue weighted by Gasteiger charge is -2.32. The van der Waals surface area contributed by atoms with E-state index in [1.54, 1.807) is 16.2 Å². The first-order valence-electron chi connectivity index (χ1n) is 6.98. The molecule has 1 saturated carbocycles. The molecule has 2 fully saturated rings. The van der Waals surface area contributed by atoms with Gasteiger partial charge in [-0.1, -0.05) is 0 Å². The maximum absolute atomic E-state index is 12.3. The molecule has 0 bridgehead atoms. The molecule has 0 aromatic carbocycles. The molecule has 3 rings (SSSR count). The fraction of sp³-hybridized carbons (Fsp3) is 0.643. The van der Waals surface area contributed by atoms with Crippen molar-refractivity contribution in [2.45, 2.75) is 38.5 Å². The van der Waals surface area contributed by atoms with E-state index >= 15 is 0 Å². The standard InChI is InChI=1S/C14H18N2O3S/c1-9-8-20-11(15-9)10-2-6-16(7-3-10)12(17)14(4-5-14)13(18)19/h8,10H,2-7H2,1H3,(H,18,19). The van der Waals surface area contributed by atoms with Gasteiger partial charge < -0.3 is 10.0 Å². The number of hydrogen-bond donors (Lipinski definition) is 1. The summed E-state index contributed by atoms with van der Waals surface area (Å²) in [6.07, 6.45) is 2.75. The van der Waals surface area contributed by atoms with Crippen molar-refractivity contribution in [2.24, 2.45) is 5.41 Å². The highest BCUT2D eigenvalue weighted by molar-refractivity contribution is 7.09. The van der Waals surface area contributed by atoms with Gasteiger partial charge in [-0.3, -0.25) is 9.59 Å². The van der Waals surface area contributed by atoms with Crippen LogP contribution in [0, 0.1) is 12.3 Å². The number of piperidine rings is 1. The fourth-order valence-corrected chi connectivity index (χ4v) is 3.80. The molecule has 1 N–H and O–H groups in total. The van der Waals surface area contributed by atoms with Crippen molar-refractivity contribution in [3.8, 4) is 0 Å². The molecule has 5 nitrogen and oxygen atoms in total. The van der Waals surface area contributed by atoms with Crippen molar-refractivity contribution in [2.75, 3.05) is 13.1 Å². The number of carbonyl (C=O) groups excluding carboxylic acids is 1. The summed E-state index contributed by atoms with van der Waals surface area (Å²) in [5.41, 5.74) is -0.0451. The third-order valence-corrected chi connectivity index (χ3v) is 5.46. The number of aryl methyl sites for hydroxylation is 1. The van der Waals surface area contributed by atoms with Crippen LogP contribution in [-0.2, 0) is 9.59 Å². The zero-order valence-electron chi connectivity index (χ0n) is 11.5. The van der Waals surface area contributed by atoms with Gasteiger partial charge in [-0.15, -0.1) is 11.3 Å². The van der Waals surface area contributed by atoms with Crippen LogP contribution in [-0.4, -0.2) is 40.0 Å². The van der Waals surface area contributed by atoms with Crippen LogP contribution in [0.3, 0.4) is 0 Å². The van der Waals surface area contributed by atoms with E-state index in [9.17, 15) is 14.7 Å². The number of nitrogens with zero attached hydrogens (tertiary/aromatic N) is 2. The number of aliphatic carboxylic acids is 1. The Hall–Kier alpha value is -1.43. The molecule has 1 aromatic heterocycles. The van der Waals surface area contributed by atoms with Gasteiger partial charge in [0, 0.05) is 30.1 Å². The van der Waals surface area contributed by atoms with Gasteiger partial charge in [0.05, 0.1) is 5.01 Å². The van der Waals surface area contributed by atoms with E-state index in [1.807, 2.05) is 6.92 Å². The Morgan fingerprint density at radius 3 is 2.50 bits per heavy atom. The van der Waals surface area contributed by atoms with Crippen molar-refractivity contribution in [3.63, 3.8) is 0 Å². The van der Waals surface area contributed by atoms with Gasteiger partial charge in [0.1, 0.15) is 5.41 Å². The molecular weight excluding hydrogens is 276 g/mol. The Bertz CT molecular complexity index is 542. The predicted molar refractivity (Wildman–Crippen MR) is 74.7 cm³/mol. The monoisotopic (exact) mass is 294 g/mol. The summed E-state index contributed by atoms with van der Waals surface area (Å²) < 4.78 is 0. The van der Waals surface area contributed by atoms with Crippen LogP contribution in [0.2, 0.25) is 0 Å². The molecule has 2 aliphatic rings. The molecule has 0 radical (unpaired) electrons. The van der Waals surface area contributed by atoms with Crippen molar-refractivity contribution < 1.29 is 14.7 Å². The van der Waals surface area contributed by atoms with E-state index < -0.39 is 11.4 Å². The SMILES string of the molecule is Cc1csc(C2CCN(C(=O)C3(C(=O)O)CC3)CC2)n1. The van der Waals surface area contributed by atoms with Gasteiger partial charge in [-0.05, 0) is 32.6 Å². The number of aromatic nitrogens is 1. The molecule has 1 amide bonds. The third-order valence-electron chi connectivity index (χ3n) is 4.34. The quantitative estimate of drug-likeness (QED) is 0.866. The minimum atomic E-state index is -1.09. The van der Waals surface area contributed by atoms with Gasteiger partial charge in [0.25, 0.3) is 0 Å². The molecule has 1 aromatic rings. The first kappa shape index (κ1) is 13.5. The Kier molecular flexibility index (Phi) is 3.28. The highest BCUT2D eigenvalue weighted by Gasteiger charge is 2.58. The van der Waals surface area contributed by atoms with Crippen LogP contribution >= 0.6 is 11.3 Å². The van der Waals surface area contributed by atoms with Crippen molar-refractivity contribution >= 4 is 23.2 Å². The lowest BCUT2D eigenvalue weighted by Crippen LogP contribution is -2.44. The topological polar surface area (TPSA) is 70.5 Å². The molecule has 0 unspecified atom stereocenters. The van der Waals surface area contributed by atoms with E-state index in [0.717, 1.165) is 23.5 Å². The molecule has 1 aliphatic carbocycles. The van der Waals surface area contributed by atoms with E-state index in [2.05, 4.69) is 10.4 Å². The molecule has 2 heterocycles. The molecule has 20 heavy (non-hydrogen) atoms. The number of thiazole rings is 1. The summed E-state index contributed by atoms with van der Waals surface area (Å²) in [6, 6.07) is 0. The lowest BCUT2D eigenvalue weighted by atomic mass is 9.95. The molecular formula is C14H18N2O3S. The summed E-state index contributed by atoms with van der Waals surface area (Å²) >= 11 is 1.68. The molecule has 0 atom stereocenters. The van der Waals surface area contributed by atoms with Gasteiger partial charge in [-0.2, -0.15) is 0 Å². The summed E-state index contributed by atoms with van der Waals surface area (Å²) in [5, 5.41) is 12.4. The van der Waals surface area contributed by atoms with Crippen LogP contribution < -0.4 is 0 Å². The number of likely N-dealkylation sites (tertiary alicyclic amines) is 1. The van der Waals surface area contributed by atoms with Crippen LogP contribution in [0.1, 0.15) is 42.3 Å². The summed E-state index contributed by atoms with van der Waals surface area (Å²) in [5.74, 6) is -0.725. The van der Waals surface area contributed by atoms with Gasteiger partial charge >= 0.3 is 5.97 Å². The second kappa shape index (κ2) is 4.84. The van der Waals surface area contributed by atoms with Gasteiger partial charge in [-0.25, -0.2) is 4.98 Å². The van der Waals surface area contributed by atoms with Crippen LogP contribution in [0.15, 0.2) is 5.38 Å². The first-order chi connectivity index (χ1) is 9.53. The summed E-state index contributed by atoms with van der Waals surface area (Å²) in [7, 11) is 0. The van der Waals surface area contributed by atoms with Crippen molar-refractivity contribution in [1.82, 2.24) is 9.88 Å². The summed E-state index contributed by atoms with van der Waals surface area (Å²) in [6.45, 7) is 3.29. The lowest BCUT2D eigenvalue weighted by molar-refractivity contribution is -0.153. The van der Waals surface area contributed by atoms with Crippen LogP contribution in [0.4, 0.5) is 0 Å². The van der Waals surface area contributed by atoms with Crippen molar-refractivity contribution in [1.29, 1.82) is 0 Å². The second-order valence-electron chi connectivity index (χ2n) is 5.78. The fourth-order valence-electron chi connectivity index (χ4n) is 2.84. The normalized spacial score (nSPS) is 21.8. The first-order valence-corrected chi connectivity index (χ1v) is 7.86. The van der Waals surface area contributed by atoms with Crippen LogP contribution in [0.5, 0.6) is 0 Å². The Morgan fingerprint density at radius 2 is 2.05 bits per heavy atom. The van der Waals surface area contributed by atoms with Gasteiger partial charge in [0.2, 0.25) is 5.91 Å². The van der Waals surface area contributed by atoms with E-state index in [0.29, 0.717) is 31.8 Å². The predicted octanol–water partition coefficient (Wildman–Crippen LogP) is 2.02. The smallest absolute Gasteiger partial charge is 0.319 e. The maximum Gasteiger partial charge on any atom is 0.319 e. The average molecular weight is 294 g/mol. The zero-order chi connectivity index (χ0) is 14.3. The molecule has 108 valence electrons. The zero-order valence-corrected chi connectivity index (χ0v) is 12.3. The molecule has 0 spiro atoms. The number of carbonyl (C=O) groups is 2. The summed E-state index contributed by atoms with van der Waals surface area (Å²) in [4.78, 5) is 29.8. The largest absolute Gasteiger partial charge is 0.480 e. The molecule has 1 saturated heterocycles. The molecule has 1 aliphatic heterocycles. The minimum absolute atomic E-state index is 0.182. The van der Waals surface area contributed by atoms with E-state index in [4.69, 9.17) is 0 Å². The Morgan fingerprint density at radius 1 is 1.40 bits per heavy atom.